The SMILES string of the molecule is O=C(O)C=CC=CCOO. The van der Waals surface area contributed by atoms with Crippen LogP contribution in [-0.2, 0) is 9.68 Å². The molecule has 0 heterocycles. The molecule has 4 heteroatoms. The molecule has 0 spiro atoms. The minimum Gasteiger partial charge on any atom is -0.478 e. The number of carbonyl (C=O) groups is 1. The lowest BCUT2D eigenvalue weighted by Crippen LogP contribution is -1.84. The largest absolute Gasteiger partial charge is 0.478 e. The minimum atomic E-state index is -1.01. The van der Waals surface area contributed by atoms with Gasteiger partial charge in [-0.1, -0.05) is 18.2 Å². The van der Waals surface area contributed by atoms with Crippen molar-refractivity contribution < 1.29 is 20.0 Å². The number of carboxylic acids is 1. The van der Waals surface area contributed by atoms with Crippen LogP contribution in [0.15, 0.2) is 24.3 Å². The average molecular weight is 144 g/mol. The van der Waals surface area contributed by atoms with Crippen LogP contribution >= 0.6 is 0 Å². The lowest BCUT2D eigenvalue weighted by Gasteiger charge is -1.81. The standard InChI is InChI=1S/C6H8O4/c7-6(8)4-2-1-3-5-10-9/h1-4,9H,5H2,(H,7,8). The van der Waals surface area contributed by atoms with Crippen LogP contribution in [0.1, 0.15) is 0 Å². The van der Waals surface area contributed by atoms with Crippen LogP contribution in [0.3, 0.4) is 0 Å². The molecule has 0 amide bonds. The molecule has 0 fully saturated rings. The predicted molar refractivity (Wildman–Crippen MR) is 34.5 cm³/mol. The van der Waals surface area contributed by atoms with Crippen LogP contribution in [0.2, 0.25) is 0 Å². The molecule has 0 rings (SSSR count). The van der Waals surface area contributed by atoms with Gasteiger partial charge in [0.2, 0.25) is 0 Å². The van der Waals surface area contributed by atoms with Gasteiger partial charge in [-0.05, 0) is 0 Å². The monoisotopic (exact) mass is 144 g/mol. The summed E-state index contributed by atoms with van der Waals surface area (Å²) in [6, 6.07) is 0. The van der Waals surface area contributed by atoms with Gasteiger partial charge in [-0.2, -0.15) is 0 Å². The third-order valence-corrected chi connectivity index (χ3v) is 0.657. The Balaban J connectivity index is 3.42. The van der Waals surface area contributed by atoms with Crippen LogP contribution in [-0.4, -0.2) is 22.9 Å². The molecule has 0 radical (unpaired) electrons. The Morgan fingerprint density at radius 1 is 1.50 bits per heavy atom. The molecular formula is C6H8O4. The summed E-state index contributed by atoms with van der Waals surface area (Å²) < 4.78 is 0. The van der Waals surface area contributed by atoms with Crippen molar-refractivity contribution in [2.75, 3.05) is 6.61 Å². The summed E-state index contributed by atoms with van der Waals surface area (Å²) in [7, 11) is 0. The normalized spacial score (nSPS) is 11.3. The van der Waals surface area contributed by atoms with E-state index < -0.39 is 5.97 Å². The van der Waals surface area contributed by atoms with Gasteiger partial charge < -0.3 is 5.11 Å². The van der Waals surface area contributed by atoms with Gasteiger partial charge in [0.1, 0.15) is 6.61 Å². The molecule has 0 bridgehead atoms. The first-order chi connectivity index (χ1) is 4.77. The molecule has 0 aromatic heterocycles. The van der Waals surface area contributed by atoms with Crippen LogP contribution in [0.4, 0.5) is 0 Å². The molecule has 0 unspecified atom stereocenters. The second kappa shape index (κ2) is 6.00. The zero-order valence-electron chi connectivity index (χ0n) is 5.23. The highest BCUT2D eigenvalue weighted by Crippen LogP contribution is 1.77. The fraction of sp³-hybridized carbons (Fsp3) is 0.167. The Morgan fingerprint density at radius 2 is 2.20 bits per heavy atom. The fourth-order valence-corrected chi connectivity index (χ4v) is 0.315. The molecule has 0 aliphatic heterocycles. The summed E-state index contributed by atoms with van der Waals surface area (Å²) in [5.74, 6) is -1.01. The highest BCUT2D eigenvalue weighted by molar-refractivity contribution is 5.80. The summed E-state index contributed by atoms with van der Waals surface area (Å²) in [6.45, 7) is 0.0595. The second-order valence-corrected chi connectivity index (χ2v) is 1.42. The van der Waals surface area contributed by atoms with Crippen molar-refractivity contribution in [3.8, 4) is 0 Å². The van der Waals surface area contributed by atoms with Gasteiger partial charge in [-0.25, -0.2) is 9.68 Å². The lowest BCUT2D eigenvalue weighted by atomic mass is 10.4. The van der Waals surface area contributed by atoms with Gasteiger partial charge in [-0.15, -0.1) is 0 Å². The van der Waals surface area contributed by atoms with Crippen molar-refractivity contribution in [3.05, 3.63) is 24.3 Å². The van der Waals surface area contributed by atoms with E-state index in [1.807, 2.05) is 0 Å². The van der Waals surface area contributed by atoms with Gasteiger partial charge in [0.15, 0.2) is 0 Å². The molecule has 0 saturated carbocycles. The Bertz CT molecular complexity index is 148. The topological polar surface area (TPSA) is 66.8 Å². The van der Waals surface area contributed by atoms with Gasteiger partial charge in [0.05, 0.1) is 0 Å². The molecule has 56 valence electrons. The van der Waals surface area contributed by atoms with E-state index in [-0.39, 0.29) is 6.61 Å². The number of hydrogen-bond donors (Lipinski definition) is 2. The highest BCUT2D eigenvalue weighted by Gasteiger charge is 1.79. The third kappa shape index (κ3) is 6.87. The van der Waals surface area contributed by atoms with Crippen LogP contribution in [0.25, 0.3) is 0 Å². The van der Waals surface area contributed by atoms with Gasteiger partial charge >= 0.3 is 5.97 Å². The summed E-state index contributed by atoms with van der Waals surface area (Å²) >= 11 is 0. The summed E-state index contributed by atoms with van der Waals surface area (Å²) in [5, 5.41) is 15.9. The Labute approximate surface area is 58.0 Å². The van der Waals surface area contributed by atoms with Crippen molar-refractivity contribution in [2.24, 2.45) is 0 Å². The average Bonchev–Trinajstić information content (AvgIpc) is 1.87. The predicted octanol–water partition coefficient (Wildman–Crippen LogP) is 0.673. The molecule has 10 heavy (non-hydrogen) atoms. The number of hydrogen-bond acceptors (Lipinski definition) is 3. The van der Waals surface area contributed by atoms with Crippen molar-refractivity contribution in [2.45, 2.75) is 0 Å². The maximum absolute atomic E-state index is 9.83. The third-order valence-electron chi connectivity index (χ3n) is 0.657. The molecule has 0 atom stereocenters. The molecular weight excluding hydrogens is 136 g/mol. The fourth-order valence-electron chi connectivity index (χ4n) is 0.315. The summed E-state index contributed by atoms with van der Waals surface area (Å²) in [5.41, 5.74) is 0. The molecule has 0 aromatic carbocycles. The highest BCUT2D eigenvalue weighted by atomic mass is 17.1. The smallest absolute Gasteiger partial charge is 0.328 e. The maximum atomic E-state index is 9.83. The van der Waals surface area contributed by atoms with Crippen LogP contribution in [0, 0.1) is 0 Å². The molecule has 0 saturated heterocycles. The maximum Gasteiger partial charge on any atom is 0.328 e. The molecule has 4 nitrogen and oxygen atoms in total. The van der Waals surface area contributed by atoms with E-state index in [1.165, 1.54) is 18.2 Å². The van der Waals surface area contributed by atoms with Crippen molar-refractivity contribution >= 4 is 5.97 Å². The number of aliphatic carboxylic acids is 1. The minimum absolute atomic E-state index is 0.0595. The Hall–Kier alpha value is -1.13. The first kappa shape index (κ1) is 8.87. The van der Waals surface area contributed by atoms with Crippen LogP contribution in [0.5, 0.6) is 0 Å². The van der Waals surface area contributed by atoms with E-state index in [1.54, 1.807) is 0 Å². The van der Waals surface area contributed by atoms with Crippen molar-refractivity contribution in [1.29, 1.82) is 0 Å². The number of carboxylic acid groups (broad SMARTS) is 1. The Morgan fingerprint density at radius 3 is 2.70 bits per heavy atom. The van der Waals surface area contributed by atoms with E-state index in [9.17, 15) is 4.79 Å². The molecule has 0 aromatic rings. The lowest BCUT2D eigenvalue weighted by molar-refractivity contribution is -0.231. The zero-order chi connectivity index (χ0) is 7.82. The summed E-state index contributed by atoms with van der Waals surface area (Å²) in [4.78, 5) is 13.5. The van der Waals surface area contributed by atoms with E-state index in [2.05, 4.69) is 4.89 Å². The van der Waals surface area contributed by atoms with Gasteiger partial charge in [-0.3, -0.25) is 5.26 Å². The van der Waals surface area contributed by atoms with Gasteiger partial charge in [0.25, 0.3) is 0 Å². The summed E-state index contributed by atoms with van der Waals surface area (Å²) in [6.07, 6.45) is 5.25. The number of rotatable bonds is 4. The van der Waals surface area contributed by atoms with Gasteiger partial charge in [0, 0.05) is 6.08 Å². The van der Waals surface area contributed by atoms with E-state index >= 15 is 0 Å². The van der Waals surface area contributed by atoms with Crippen molar-refractivity contribution in [1.82, 2.24) is 0 Å². The molecule has 2 N–H and O–H groups in total. The van der Waals surface area contributed by atoms with E-state index in [4.69, 9.17) is 10.4 Å². The number of allylic oxidation sites excluding steroid dienone is 2. The first-order valence-corrected chi connectivity index (χ1v) is 2.60. The van der Waals surface area contributed by atoms with E-state index in [0.717, 1.165) is 6.08 Å². The van der Waals surface area contributed by atoms with E-state index in [0.29, 0.717) is 0 Å². The van der Waals surface area contributed by atoms with Crippen LogP contribution < -0.4 is 0 Å². The Kier molecular flexibility index (Phi) is 5.32. The molecule has 0 aliphatic carbocycles. The van der Waals surface area contributed by atoms with Crippen molar-refractivity contribution in [3.63, 3.8) is 0 Å². The quantitative estimate of drug-likeness (QED) is 0.263. The molecule has 0 aliphatic rings. The second-order valence-electron chi connectivity index (χ2n) is 1.42. The zero-order valence-corrected chi connectivity index (χ0v) is 5.23. The first-order valence-electron chi connectivity index (χ1n) is 2.60.